The second-order valence-corrected chi connectivity index (χ2v) is 5.01. The first kappa shape index (κ1) is 11.7. The van der Waals surface area contributed by atoms with Gasteiger partial charge in [0.2, 0.25) is 0 Å². The van der Waals surface area contributed by atoms with Crippen LogP contribution in [-0.2, 0) is 4.74 Å². The van der Waals surface area contributed by atoms with Gasteiger partial charge in [0.1, 0.15) is 0 Å². The Morgan fingerprint density at radius 1 is 1.29 bits per heavy atom. The molecule has 0 atom stereocenters. The molecule has 0 aliphatic carbocycles. The SMILES string of the molecule is CC(C)(C)NCC=CC1CCOCC1. The van der Waals surface area contributed by atoms with E-state index in [1.54, 1.807) is 0 Å². The smallest absolute Gasteiger partial charge is 0.0471 e. The van der Waals surface area contributed by atoms with E-state index in [1.165, 1.54) is 12.8 Å². The molecular formula is C12H23NO. The minimum atomic E-state index is 0.222. The maximum absolute atomic E-state index is 5.31. The molecule has 0 saturated carbocycles. The summed E-state index contributed by atoms with van der Waals surface area (Å²) < 4.78 is 5.31. The van der Waals surface area contributed by atoms with Crippen LogP contribution in [0.2, 0.25) is 0 Å². The normalized spacial score (nSPS) is 20.5. The molecule has 0 radical (unpaired) electrons. The molecular weight excluding hydrogens is 174 g/mol. The summed E-state index contributed by atoms with van der Waals surface area (Å²) in [5, 5.41) is 3.44. The summed E-state index contributed by atoms with van der Waals surface area (Å²) in [6, 6.07) is 0. The van der Waals surface area contributed by atoms with Crippen molar-refractivity contribution in [3.8, 4) is 0 Å². The number of allylic oxidation sites excluding steroid dienone is 1. The fraction of sp³-hybridized carbons (Fsp3) is 0.833. The summed E-state index contributed by atoms with van der Waals surface area (Å²) in [6.07, 6.45) is 6.96. The highest BCUT2D eigenvalue weighted by Crippen LogP contribution is 2.15. The highest BCUT2D eigenvalue weighted by atomic mass is 16.5. The molecule has 0 unspecified atom stereocenters. The largest absolute Gasteiger partial charge is 0.381 e. The van der Waals surface area contributed by atoms with Crippen molar-refractivity contribution in [2.24, 2.45) is 5.92 Å². The Morgan fingerprint density at radius 3 is 2.50 bits per heavy atom. The van der Waals surface area contributed by atoms with Gasteiger partial charge < -0.3 is 10.1 Å². The Bertz CT molecular complexity index is 175. The first-order chi connectivity index (χ1) is 6.58. The van der Waals surface area contributed by atoms with E-state index in [4.69, 9.17) is 4.74 Å². The third-order valence-corrected chi connectivity index (χ3v) is 2.42. The molecule has 1 aliphatic rings. The quantitative estimate of drug-likeness (QED) is 0.701. The van der Waals surface area contributed by atoms with Gasteiger partial charge in [0.25, 0.3) is 0 Å². The molecule has 1 heterocycles. The third kappa shape index (κ3) is 5.40. The molecule has 0 bridgehead atoms. The monoisotopic (exact) mass is 197 g/mol. The molecule has 0 aromatic rings. The topological polar surface area (TPSA) is 21.3 Å². The Labute approximate surface area is 87.7 Å². The van der Waals surface area contributed by atoms with Crippen LogP contribution in [0, 0.1) is 5.92 Å². The second kappa shape index (κ2) is 5.52. The Balaban J connectivity index is 2.13. The number of rotatable bonds is 3. The zero-order chi connectivity index (χ0) is 10.4. The minimum Gasteiger partial charge on any atom is -0.381 e. The van der Waals surface area contributed by atoms with Crippen LogP contribution in [0.4, 0.5) is 0 Å². The van der Waals surface area contributed by atoms with Gasteiger partial charge in [-0.1, -0.05) is 12.2 Å². The van der Waals surface area contributed by atoms with E-state index in [9.17, 15) is 0 Å². The summed E-state index contributed by atoms with van der Waals surface area (Å²) in [7, 11) is 0. The molecule has 0 aromatic heterocycles. The number of hydrogen-bond acceptors (Lipinski definition) is 2. The average Bonchev–Trinajstić information content (AvgIpc) is 2.13. The fourth-order valence-electron chi connectivity index (χ4n) is 1.53. The number of ether oxygens (including phenoxy) is 1. The molecule has 14 heavy (non-hydrogen) atoms. The molecule has 1 rings (SSSR count). The van der Waals surface area contributed by atoms with Crippen molar-refractivity contribution in [2.75, 3.05) is 19.8 Å². The summed E-state index contributed by atoms with van der Waals surface area (Å²) in [6.45, 7) is 9.41. The van der Waals surface area contributed by atoms with E-state index < -0.39 is 0 Å². The van der Waals surface area contributed by atoms with Crippen molar-refractivity contribution in [3.05, 3.63) is 12.2 Å². The van der Waals surface area contributed by atoms with E-state index in [0.717, 1.165) is 25.7 Å². The summed E-state index contributed by atoms with van der Waals surface area (Å²) in [5.74, 6) is 0.741. The zero-order valence-electron chi connectivity index (χ0n) is 9.68. The van der Waals surface area contributed by atoms with Gasteiger partial charge in [-0.05, 0) is 39.5 Å². The van der Waals surface area contributed by atoms with Crippen LogP contribution >= 0.6 is 0 Å². The van der Waals surface area contributed by atoms with E-state index in [0.29, 0.717) is 0 Å². The lowest BCUT2D eigenvalue weighted by molar-refractivity contribution is 0.0785. The van der Waals surface area contributed by atoms with Crippen molar-refractivity contribution < 1.29 is 4.74 Å². The second-order valence-electron chi connectivity index (χ2n) is 5.01. The fourth-order valence-corrected chi connectivity index (χ4v) is 1.53. The molecule has 2 nitrogen and oxygen atoms in total. The van der Waals surface area contributed by atoms with Gasteiger partial charge in [-0.15, -0.1) is 0 Å². The Hall–Kier alpha value is -0.340. The maximum atomic E-state index is 5.31. The van der Waals surface area contributed by atoms with E-state index in [-0.39, 0.29) is 5.54 Å². The lowest BCUT2D eigenvalue weighted by Crippen LogP contribution is -2.35. The predicted molar refractivity (Wildman–Crippen MR) is 60.4 cm³/mol. The van der Waals surface area contributed by atoms with Gasteiger partial charge in [0.05, 0.1) is 0 Å². The van der Waals surface area contributed by atoms with E-state index in [2.05, 4.69) is 38.2 Å². The first-order valence-electron chi connectivity index (χ1n) is 5.57. The Kier molecular flexibility index (Phi) is 4.63. The van der Waals surface area contributed by atoms with Crippen LogP contribution in [0.5, 0.6) is 0 Å². The van der Waals surface area contributed by atoms with Crippen LogP contribution in [0.1, 0.15) is 33.6 Å². The van der Waals surface area contributed by atoms with Gasteiger partial charge >= 0.3 is 0 Å². The average molecular weight is 197 g/mol. The van der Waals surface area contributed by atoms with Crippen LogP contribution < -0.4 is 5.32 Å². The number of hydrogen-bond donors (Lipinski definition) is 1. The van der Waals surface area contributed by atoms with Crippen molar-refractivity contribution >= 4 is 0 Å². The molecule has 1 aliphatic heterocycles. The van der Waals surface area contributed by atoms with Crippen molar-refractivity contribution in [1.29, 1.82) is 0 Å². The van der Waals surface area contributed by atoms with Crippen LogP contribution in [0.3, 0.4) is 0 Å². The maximum Gasteiger partial charge on any atom is 0.0471 e. The zero-order valence-corrected chi connectivity index (χ0v) is 9.68. The molecule has 0 aromatic carbocycles. The summed E-state index contributed by atoms with van der Waals surface area (Å²) in [5.41, 5.74) is 0.222. The highest BCUT2D eigenvalue weighted by Gasteiger charge is 2.10. The third-order valence-electron chi connectivity index (χ3n) is 2.42. The standard InChI is InChI=1S/C12H23NO/c1-12(2,3)13-8-4-5-11-6-9-14-10-7-11/h4-5,11,13H,6-10H2,1-3H3. The van der Waals surface area contributed by atoms with Gasteiger partial charge in [-0.2, -0.15) is 0 Å². The molecule has 2 heteroatoms. The van der Waals surface area contributed by atoms with Gasteiger partial charge in [-0.3, -0.25) is 0 Å². The lowest BCUT2D eigenvalue weighted by Gasteiger charge is -2.20. The van der Waals surface area contributed by atoms with Gasteiger partial charge in [0.15, 0.2) is 0 Å². The summed E-state index contributed by atoms with van der Waals surface area (Å²) >= 11 is 0. The first-order valence-corrected chi connectivity index (χ1v) is 5.57. The molecule has 1 saturated heterocycles. The molecule has 1 fully saturated rings. The van der Waals surface area contributed by atoms with Crippen molar-refractivity contribution in [2.45, 2.75) is 39.2 Å². The van der Waals surface area contributed by atoms with Crippen LogP contribution in [-0.4, -0.2) is 25.3 Å². The Morgan fingerprint density at radius 2 is 1.93 bits per heavy atom. The van der Waals surface area contributed by atoms with E-state index >= 15 is 0 Å². The number of nitrogens with one attached hydrogen (secondary N) is 1. The summed E-state index contributed by atoms with van der Waals surface area (Å²) in [4.78, 5) is 0. The van der Waals surface area contributed by atoms with Crippen LogP contribution in [0.15, 0.2) is 12.2 Å². The molecule has 0 amide bonds. The van der Waals surface area contributed by atoms with E-state index in [1.807, 2.05) is 0 Å². The van der Waals surface area contributed by atoms with Gasteiger partial charge in [0, 0.05) is 25.3 Å². The molecule has 82 valence electrons. The lowest BCUT2D eigenvalue weighted by atomic mass is 10.00. The van der Waals surface area contributed by atoms with Crippen molar-refractivity contribution in [1.82, 2.24) is 5.32 Å². The van der Waals surface area contributed by atoms with Gasteiger partial charge in [-0.25, -0.2) is 0 Å². The molecule has 1 N–H and O–H groups in total. The van der Waals surface area contributed by atoms with Crippen LogP contribution in [0.25, 0.3) is 0 Å². The minimum absolute atomic E-state index is 0.222. The van der Waals surface area contributed by atoms with Crippen molar-refractivity contribution in [3.63, 3.8) is 0 Å². The predicted octanol–water partition coefficient (Wildman–Crippen LogP) is 2.36. The molecule has 0 spiro atoms. The highest BCUT2D eigenvalue weighted by molar-refractivity contribution is 4.92.